The summed E-state index contributed by atoms with van der Waals surface area (Å²) in [5.41, 5.74) is 0. The average molecular weight is 228 g/mol. The number of hydrogen-bond donors (Lipinski definition) is 2. The van der Waals surface area contributed by atoms with Gasteiger partial charge in [0.2, 0.25) is 5.91 Å². The van der Waals surface area contributed by atoms with Gasteiger partial charge in [-0.15, -0.1) is 0 Å². The van der Waals surface area contributed by atoms with Crippen LogP contribution in [0.2, 0.25) is 0 Å². The molecule has 4 nitrogen and oxygen atoms in total. The predicted molar refractivity (Wildman–Crippen MR) is 64.2 cm³/mol. The Morgan fingerprint density at radius 3 is 2.62 bits per heavy atom. The van der Waals surface area contributed by atoms with Crippen molar-refractivity contribution in [2.24, 2.45) is 5.92 Å². The van der Waals surface area contributed by atoms with Crippen molar-refractivity contribution in [3.8, 4) is 0 Å². The van der Waals surface area contributed by atoms with Crippen molar-refractivity contribution >= 4 is 5.91 Å². The molecule has 0 aliphatic carbocycles. The van der Waals surface area contributed by atoms with Crippen molar-refractivity contribution in [1.82, 2.24) is 10.2 Å². The van der Waals surface area contributed by atoms with E-state index in [0.717, 1.165) is 45.3 Å². The lowest BCUT2D eigenvalue weighted by molar-refractivity contribution is -0.126. The molecular formula is C12H24N2O2. The van der Waals surface area contributed by atoms with E-state index in [1.807, 2.05) is 0 Å². The van der Waals surface area contributed by atoms with Crippen LogP contribution >= 0.6 is 0 Å². The number of piperidine rings is 1. The van der Waals surface area contributed by atoms with Gasteiger partial charge in [0.15, 0.2) is 0 Å². The Balaban J connectivity index is 2.13. The fourth-order valence-corrected chi connectivity index (χ4v) is 2.10. The Morgan fingerprint density at radius 2 is 2.06 bits per heavy atom. The molecule has 1 aliphatic rings. The molecule has 1 aliphatic heterocycles. The molecule has 1 heterocycles. The van der Waals surface area contributed by atoms with E-state index in [4.69, 9.17) is 5.11 Å². The number of likely N-dealkylation sites (tertiary alicyclic amines) is 1. The normalized spacial score (nSPS) is 18.6. The van der Waals surface area contributed by atoms with Crippen LogP contribution in [0.25, 0.3) is 0 Å². The zero-order chi connectivity index (χ0) is 11.8. The Labute approximate surface area is 98.0 Å². The average Bonchev–Trinajstić information content (AvgIpc) is 2.34. The van der Waals surface area contributed by atoms with Gasteiger partial charge in [-0.05, 0) is 45.3 Å². The number of rotatable bonds is 6. The van der Waals surface area contributed by atoms with E-state index in [9.17, 15) is 4.79 Å². The molecule has 0 unspecified atom stereocenters. The number of carbonyl (C=O) groups excluding carboxylic acids is 1. The molecule has 0 bridgehead atoms. The zero-order valence-electron chi connectivity index (χ0n) is 10.2. The molecule has 0 atom stereocenters. The molecule has 0 spiro atoms. The van der Waals surface area contributed by atoms with Crippen LogP contribution in [-0.4, -0.2) is 48.7 Å². The third-order valence-electron chi connectivity index (χ3n) is 3.29. The fourth-order valence-electron chi connectivity index (χ4n) is 2.10. The number of nitrogens with zero attached hydrogens (tertiary/aromatic N) is 1. The molecule has 0 aromatic rings. The first-order chi connectivity index (χ1) is 7.77. The van der Waals surface area contributed by atoms with Gasteiger partial charge in [-0.1, -0.05) is 6.92 Å². The van der Waals surface area contributed by atoms with Gasteiger partial charge >= 0.3 is 0 Å². The Morgan fingerprint density at radius 1 is 1.38 bits per heavy atom. The highest BCUT2D eigenvalue weighted by Crippen LogP contribution is 2.16. The van der Waals surface area contributed by atoms with E-state index in [1.54, 1.807) is 0 Å². The van der Waals surface area contributed by atoms with Gasteiger partial charge in [0.05, 0.1) is 0 Å². The van der Waals surface area contributed by atoms with E-state index >= 15 is 0 Å². The summed E-state index contributed by atoms with van der Waals surface area (Å²) in [6, 6.07) is 0. The molecule has 4 heteroatoms. The van der Waals surface area contributed by atoms with Crippen LogP contribution in [-0.2, 0) is 4.79 Å². The number of nitrogens with one attached hydrogen (secondary N) is 1. The van der Waals surface area contributed by atoms with Crippen molar-refractivity contribution < 1.29 is 9.90 Å². The highest BCUT2D eigenvalue weighted by atomic mass is 16.2. The van der Waals surface area contributed by atoms with Crippen molar-refractivity contribution in [1.29, 1.82) is 0 Å². The third-order valence-corrected chi connectivity index (χ3v) is 3.29. The number of amides is 1. The van der Waals surface area contributed by atoms with Gasteiger partial charge < -0.3 is 15.3 Å². The second kappa shape index (κ2) is 7.63. The monoisotopic (exact) mass is 228 g/mol. The van der Waals surface area contributed by atoms with Gasteiger partial charge in [0.1, 0.15) is 0 Å². The quantitative estimate of drug-likeness (QED) is 0.655. The summed E-state index contributed by atoms with van der Waals surface area (Å²) in [4.78, 5) is 14.1. The first-order valence-electron chi connectivity index (χ1n) is 6.38. The summed E-state index contributed by atoms with van der Waals surface area (Å²) in [5.74, 6) is 0.408. The van der Waals surface area contributed by atoms with Gasteiger partial charge in [0, 0.05) is 19.1 Å². The molecule has 0 aromatic heterocycles. The van der Waals surface area contributed by atoms with Crippen LogP contribution in [0.3, 0.4) is 0 Å². The second-order valence-corrected chi connectivity index (χ2v) is 4.43. The summed E-state index contributed by atoms with van der Waals surface area (Å²) >= 11 is 0. The van der Waals surface area contributed by atoms with Crippen LogP contribution in [0, 0.1) is 5.92 Å². The van der Waals surface area contributed by atoms with Crippen LogP contribution in [0.4, 0.5) is 0 Å². The van der Waals surface area contributed by atoms with Crippen molar-refractivity contribution in [2.75, 3.05) is 32.8 Å². The third kappa shape index (κ3) is 4.49. The lowest BCUT2D eigenvalue weighted by Crippen LogP contribution is -2.40. The molecule has 1 saturated heterocycles. The molecule has 1 fully saturated rings. The van der Waals surface area contributed by atoms with Gasteiger partial charge in [-0.2, -0.15) is 0 Å². The van der Waals surface area contributed by atoms with Gasteiger partial charge in [0.25, 0.3) is 0 Å². The van der Waals surface area contributed by atoms with Crippen LogP contribution in [0.1, 0.15) is 32.6 Å². The van der Waals surface area contributed by atoms with Crippen molar-refractivity contribution in [3.05, 3.63) is 0 Å². The minimum atomic E-state index is 0.202. The van der Waals surface area contributed by atoms with E-state index < -0.39 is 0 Å². The highest BCUT2D eigenvalue weighted by Gasteiger charge is 2.23. The van der Waals surface area contributed by atoms with Crippen LogP contribution in [0.5, 0.6) is 0 Å². The van der Waals surface area contributed by atoms with Crippen molar-refractivity contribution in [2.45, 2.75) is 32.6 Å². The smallest absolute Gasteiger partial charge is 0.223 e. The zero-order valence-corrected chi connectivity index (χ0v) is 10.2. The standard InChI is InChI=1S/C12H24N2O2/c1-2-14-8-5-11(6-9-14)12(16)13-7-3-4-10-15/h11,15H,2-10H2,1H3,(H,13,16). The first-order valence-corrected chi connectivity index (χ1v) is 6.38. The molecule has 0 saturated carbocycles. The molecule has 94 valence electrons. The van der Waals surface area contributed by atoms with Crippen LogP contribution < -0.4 is 5.32 Å². The predicted octanol–water partition coefficient (Wildman–Crippen LogP) is 0.607. The minimum Gasteiger partial charge on any atom is -0.396 e. The maximum absolute atomic E-state index is 11.8. The Hall–Kier alpha value is -0.610. The van der Waals surface area contributed by atoms with E-state index in [0.29, 0.717) is 6.54 Å². The molecule has 1 amide bonds. The first kappa shape index (κ1) is 13.5. The van der Waals surface area contributed by atoms with Crippen LogP contribution in [0.15, 0.2) is 0 Å². The Kier molecular flexibility index (Phi) is 6.42. The van der Waals surface area contributed by atoms with E-state index in [2.05, 4.69) is 17.1 Å². The number of unbranched alkanes of at least 4 members (excludes halogenated alkanes) is 1. The molecule has 16 heavy (non-hydrogen) atoms. The molecule has 2 N–H and O–H groups in total. The summed E-state index contributed by atoms with van der Waals surface area (Å²) in [6.45, 7) is 6.26. The number of carbonyl (C=O) groups is 1. The molecular weight excluding hydrogens is 204 g/mol. The maximum Gasteiger partial charge on any atom is 0.223 e. The maximum atomic E-state index is 11.8. The Bertz CT molecular complexity index is 201. The number of aliphatic hydroxyl groups is 1. The van der Waals surface area contributed by atoms with Crippen molar-refractivity contribution in [3.63, 3.8) is 0 Å². The van der Waals surface area contributed by atoms with E-state index in [-0.39, 0.29) is 18.4 Å². The summed E-state index contributed by atoms with van der Waals surface area (Å²) < 4.78 is 0. The SMILES string of the molecule is CCN1CCC(C(=O)NCCCCO)CC1. The van der Waals surface area contributed by atoms with Gasteiger partial charge in [-0.3, -0.25) is 4.79 Å². The number of aliphatic hydroxyl groups excluding tert-OH is 1. The summed E-state index contributed by atoms with van der Waals surface area (Å²) in [6.07, 6.45) is 3.62. The fraction of sp³-hybridized carbons (Fsp3) is 0.917. The van der Waals surface area contributed by atoms with Gasteiger partial charge in [-0.25, -0.2) is 0 Å². The lowest BCUT2D eigenvalue weighted by atomic mass is 9.96. The minimum absolute atomic E-state index is 0.202. The summed E-state index contributed by atoms with van der Waals surface area (Å²) in [5, 5.41) is 11.6. The summed E-state index contributed by atoms with van der Waals surface area (Å²) in [7, 11) is 0. The number of hydrogen-bond acceptors (Lipinski definition) is 3. The lowest BCUT2D eigenvalue weighted by Gasteiger charge is -2.30. The highest BCUT2D eigenvalue weighted by molar-refractivity contribution is 5.78. The molecule has 0 aromatic carbocycles. The molecule has 1 rings (SSSR count). The largest absolute Gasteiger partial charge is 0.396 e. The topological polar surface area (TPSA) is 52.6 Å². The molecule has 0 radical (unpaired) electrons. The second-order valence-electron chi connectivity index (χ2n) is 4.43. The van der Waals surface area contributed by atoms with E-state index in [1.165, 1.54) is 0 Å².